The van der Waals surface area contributed by atoms with Crippen LogP contribution in [0.15, 0.2) is 42.5 Å². The number of halogens is 1. The maximum absolute atomic E-state index is 13.8. The molecule has 1 aliphatic heterocycles. The number of aromatic hydroxyl groups is 1. The Labute approximate surface area is 191 Å². The predicted molar refractivity (Wildman–Crippen MR) is 124 cm³/mol. The molecule has 1 amide bonds. The van der Waals surface area contributed by atoms with Gasteiger partial charge >= 0.3 is 0 Å². The molecule has 1 heterocycles. The summed E-state index contributed by atoms with van der Waals surface area (Å²) in [4.78, 5) is 15.8. The van der Waals surface area contributed by atoms with Gasteiger partial charge in [-0.05, 0) is 49.5 Å². The number of nitrogen functional groups attached to an aromatic ring is 1. The van der Waals surface area contributed by atoms with Crippen LogP contribution in [0.2, 0.25) is 0 Å². The summed E-state index contributed by atoms with van der Waals surface area (Å²) in [5, 5.41) is 26.8. The second-order valence-electron chi connectivity index (χ2n) is 8.33. The standard InChI is InChI=1S/C24H26FN5O3/c1-29(2)7-3-4-23(32)30-13-24(12-27,14-30)15-33-22-10-17(9-20(28)18(22)11-26)16-5-6-21(31)19(25)8-16/h3-6,8-11,26,31H,7,13-15,28H2,1-2H3/b4-3+,26-11?. The first-order valence-corrected chi connectivity index (χ1v) is 10.2. The summed E-state index contributed by atoms with van der Waals surface area (Å²) in [5.74, 6) is -1.12. The minimum absolute atomic E-state index is 0.00235. The summed E-state index contributed by atoms with van der Waals surface area (Å²) in [6.45, 7) is 1.10. The van der Waals surface area contributed by atoms with Gasteiger partial charge in [-0.2, -0.15) is 5.26 Å². The van der Waals surface area contributed by atoms with E-state index in [0.29, 0.717) is 23.2 Å². The Morgan fingerprint density at radius 3 is 2.70 bits per heavy atom. The molecule has 0 atom stereocenters. The Balaban J connectivity index is 1.75. The van der Waals surface area contributed by atoms with E-state index in [1.807, 2.05) is 19.0 Å². The van der Waals surface area contributed by atoms with E-state index in [0.717, 1.165) is 6.21 Å². The Bertz CT molecular complexity index is 1130. The van der Waals surface area contributed by atoms with Crippen molar-refractivity contribution >= 4 is 17.8 Å². The smallest absolute Gasteiger partial charge is 0.246 e. The van der Waals surface area contributed by atoms with Gasteiger partial charge in [0.05, 0.1) is 11.6 Å². The lowest BCUT2D eigenvalue weighted by atomic mass is 9.82. The first kappa shape index (κ1) is 23.8. The number of carbonyl (C=O) groups excluding carboxylic acids is 1. The lowest BCUT2D eigenvalue weighted by Gasteiger charge is -2.44. The number of carbonyl (C=O) groups is 1. The van der Waals surface area contributed by atoms with Crippen LogP contribution in [0.3, 0.4) is 0 Å². The molecule has 0 aromatic heterocycles. The molecule has 0 saturated carbocycles. The van der Waals surface area contributed by atoms with Gasteiger partial charge in [-0.3, -0.25) is 4.79 Å². The number of phenols is 1. The van der Waals surface area contributed by atoms with Gasteiger partial charge in [0, 0.05) is 37.6 Å². The van der Waals surface area contributed by atoms with E-state index in [9.17, 15) is 19.6 Å². The van der Waals surface area contributed by atoms with E-state index in [2.05, 4.69) is 6.07 Å². The number of phenolic OH excluding ortho intramolecular Hbond substituents is 1. The van der Waals surface area contributed by atoms with Crippen LogP contribution >= 0.6 is 0 Å². The molecule has 3 rings (SSSR count). The fraction of sp³-hybridized carbons (Fsp3) is 0.292. The first-order chi connectivity index (χ1) is 15.7. The Kier molecular flexibility index (Phi) is 6.99. The molecule has 2 aromatic rings. The van der Waals surface area contributed by atoms with E-state index in [-0.39, 0.29) is 37.0 Å². The van der Waals surface area contributed by atoms with Crippen LogP contribution in [-0.4, -0.2) is 67.4 Å². The molecule has 4 N–H and O–H groups in total. The lowest BCUT2D eigenvalue weighted by molar-refractivity contribution is -0.136. The van der Waals surface area contributed by atoms with Crippen LogP contribution in [0, 0.1) is 28.0 Å². The highest BCUT2D eigenvalue weighted by Crippen LogP contribution is 2.35. The Morgan fingerprint density at radius 2 is 2.09 bits per heavy atom. The zero-order chi connectivity index (χ0) is 24.2. The zero-order valence-electron chi connectivity index (χ0n) is 18.5. The molecule has 8 nitrogen and oxygen atoms in total. The lowest BCUT2D eigenvalue weighted by Crippen LogP contribution is -2.60. The minimum atomic E-state index is -0.875. The van der Waals surface area contributed by atoms with Crippen molar-refractivity contribution in [3.8, 4) is 28.7 Å². The van der Waals surface area contributed by atoms with Gasteiger partial charge in [-0.1, -0.05) is 12.1 Å². The number of amides is 1. The van der Waals surface area contributed by atoms with Crippen molar-refractivity contribution in [3.63, 3.8) is 0 Å². The molecule has 33 heavy (non-hydrogen) atoms. The number of hydrogen-bond donors (Lipinski definition) is 3. The summed E-state index contributed by atoms with van der Waals surface area (Å²) in [5.41, 5.74) is 6.81. The van der Waals surface area contributed by atoms with Gasteiger partial charge in [0.15, 0.2) is 11.6 Å². The van der Waals surface area contributed by atoms with Crippen molar-refractivity contribution in [2.75, 3.05) is 46.1 Å². The van der Waals surface area contributed by atoms with Crippen LogP contribution in [0.25, 0.3) is 11.1 Å². The van der Waals surface area contributed by atoms with Crippen LogP contribution < -0.4 is 10.5 Å². The number of hydrogen-bond acceptors (Lipinski definition) is 7. The highest BCUT2D eigenvalue weighted by atomic mass is 19.1. The third kappa shape index (κ3) is 5.30. The SMILES string of the molecule is CN(C)C/C=C/C(=O)N1CC(C#N)(COc2cc(-c3ccc(O)c(F)c3)cc(N)c2C=N)C1. The fourth-order valence-electron chi connectivity index (χ4n) is 3.50. The third-order valence-corrected chi connectivity index (χ3v) is 5.37. The quantitative estimate of drug-likeness (QED) is 0.322. The van der Waals surface area contributed by atoms with E-state index in [1.54, 1.807) is 23.1 Å². The molecule has 0 bridgehead atoms. The number of nitriles is 1. The van der Waals surface area contributed by atoms with Crippen molar-refractivity contribution in [1.82, 2.24) is 9.80 Å². The van der Waals surface area contributed by atoms with E-state index in [1.165, 1.54) is 24.3 Å². The van der Waals surface area contributed by atoms with E-state index in [4.69, 9.17) is 15.9 Å². The number of anilines is 1. The van der Waals surface area contributed by atoms with Gasteiger partial charge in [-0.15, -0.1) is 0 Å². The first-order valence-electron chi connectivity index (χ1n) is 10.2. The van der Waals surface area contributed by atoms with E-state index >= 15 is 0 Å². The number of nitrogens with zero attached hydrogens (tertiary/aromatic N) is 3. The summed E-state index contributed by atoms with van der Waals surface area (Å²) >= 11 is 0. The van der Waals surface area contributed by atoms with Gasteiger partial charge < -0.3 is 30.8 Å². The number of rotatable bonds is 8. The molecular weight excluding hydrogens is 425 g/mol. The zero-order valence-corrected chi connectivity index (χ0v) is 18.5. The largest absolute Gasteiger partial charge is 0.505 e. The molecule has 0 spiro atoms. The normalized spacial score (nSPS) is 14.7. The summed E-state index contributed by atoms with van der Waals surface area (Å²) in [6.07, 6.45) is 4.31. The molecule has 2 aromatic carbocycles. The number of benzene rings is 2. The molecule has 1 saturated heterocycles. The third-order valence-electron chi connectivity index (χ3n) is 5.37. The van der Waals surface area contributed by atoms with Gasteiger partial charge in [-0.25, -0.2) is 4.39 Å². The van der Waals surface area contributed by atoms with Crippen molar-refractivity contribution < 1.29 is 19.0 Å². The summed E-state index contributed by atoms with van der Waals surface area (Å²) in [7, 11) is 3.80. The maximum atomic E-state index is 13.8. The van der Waals surface area contributed by atoms with Crippen LogP contribution in [0.4, 0.5) is 10.1 Å². The topological polar surface area (TPSA) is 127 Å². The summed E-state index contributed by atoms with van der Waals surface area (Å²) in [6, 6.07) is 9.39. The van der Waals surface area contributed by atoms with Gasteiger partial charge in [0.25, 0.3) is 0 Å². The predicted octanol–water partition coefficient (Wildman–Crippen LogP) is 2.63. The highest BCUT2D eigenvalue weighted by molar-refractivity contribution is 5.91. The number of ether oxygens (including phenoxy) is 1. The molecule has 1 aliphatic rings. The minimum Gasteiger partial charge on any atom is -0.505 e. The number of likely N-dealkylation sites (tertiary alicyclic amines) is 1. The average Bonchev–Trinajstić information content (AvgIpc) is 2.74. The molecule has 0 aliphatic carbocycles. The average molecular weight is 452 g/mol. The molecule has 9 heteroatoms. The Hall–Kier alpha value is -3.90. The van der Waals surface area contributed by atoms with Gasteiger partial charge in [0.2, 0.25) is 5.91 Å². The monoisotopic (exact) mass is 451 g/mol. The van der Waals surface area contributed by atoms with Crippen molar-refractivity contribution in [3.05, 3.63) is 53.9 Å². The second-order valence-corrected chi connectivity index (χ2v) is 8.33. The van der Waals surface area contributed by atoms with Crippen molar-refractivity contribution in [2.24, 2.45) is 5.41 Å². The van der Waals surface area contributed by atoms with Crippen LogP contribution in [0.5, 0.6) is 11.5 Å². The van der Waals surface area contributed by atoms with Crippen molar-refractivity contribution in [1.29, 1.82) is 10.7 Å². The molecule has 0 unspecified atom stereocenters. The number of likely N-dealkylation sites (N-methyl/N-ethyl adjacent to an activating group) is 1. The summed E-state index contributed by atoms with van der Waals surface area (Å²) < 4.78 is 19.7. The molecule has 1 fully saturated rings. The van der Waals surface area contributed by atoms with E-state index < -0.39 is 17.0 Å². The van der Waals surface area contributed by atoms with Gasteiger partial charge in [0.1, 0.15) is 17.8 Å². The van der Waals surface area contributed by atoms with Crippen LogP contribution in [-0.2, 0) is 4.79 Å². The fourth-order valence-corrected chi connectivity index (χ4v) is 3.50. The number of nitrogens with two attached hydrogens (primary N) is 1. The van der Waals surface area contributed by atoms with Crippen molar-refractivity contribution in [2.45, 2.75) is 0 Å². The molecule has 172 valence electrons. The molecule has 0 radical (unpaired) electrons. The number of nitrogens with one attached hydrogen (secondary N) is 1. The highest BCUT2D eigenvalue weighted by Gasteiger charge is 2.46. The maximum Gasteiger partial charge on any atom is 0.246 e. The second kappa shape index (κ2) is 9.71. The Morgan fingerprint density at radius 1 is 1.36 bits per heavy atom. The van der Waals surface area contributed by atoms with Crippen LogP contribution in [0.1, 0.15) is 5.56 Å². The molecular formula is C24H26FN5O3.